The van der Waals surface area contributed by atoms with Gasteiger partial charge in [-0.15, -0.1) is 0 Å². The molecule has 0 aromatic rings. The minimum atomic E-state index is 0. The van der Waals surface area contributed by atoms with Crippen molar-refractivity contribution in [3.05, 3.63) is 0 Å². The number of ether oxygens (including phenoxy) is 1. The van der Waals surface area contributed by atoms with Crippen LogP contribution in [0.2, 0.25) is 0 Å². The second kappa shape index (κ2) is 29.2. The Morgan fingerprint density at radius 3 is 1.43 bits per heavy atom. The first-order valence-corrected chi connectivity index (χ1v) is 6.01. The summed E-state index contributed by atoms with van der Waals surface area (Å²) in [6.45, 7) is 15.1. The Morgan fingerprint density at radius 1 is 0.857 bits per heavy atom. The monoisotopic (exact) mass is 241 g/mol. The normalized spacial score (nSPS) is 17.8. The first-order valence-electron chi connectivity index (χ1n) is 6.01. The Hall–Kier alpha value is 0.544. The zero-order chi connectivity index (χ0) is 11.1. The second-order valence-electron chi connectivity index (χ2n) is 2.18. The molecule has 1 atom stereocenters. The molecule has 0 bridgehead atoms. The molecular formula is C12H30OV. The van der Waals surface area contributed by atoms with Gasteiger partial charge in [0.1, 0.15) is 0 Å². The van der Waals surface area contributed by atoms with Gasteiger partial charge in [0.05, 0.1) is 6.10 Å². The number of rotatable bonds is 0. The molecule has 0 N–H and O–H groups in total. The second-order valence-corrected chi connectivity index (χ2v) is 2.18. The van der Waals surface area contributed by atoms with Gasteiger partial charge in [0, 0.05) is 25.2 Å². The van der Waals surface area contributed by atoms with Crippen LogP contribution in [0.1, 0.15) is 67.7 Å². The summed E-state index contributed by atoms with van der Waals surface area (Å²) in [6.07, 6.45) is 4.43. The van der Waals surface area contributed by atoms with Gasteiger partial charge in [0.15, 0.2) is 0 Å². The van der Waals surface area contributed by atoms with E-state index in [-0.39, 0.29) is 18.6 Å². The molecule has 0 aromatic heterocycles. The predicted octanol–water partition coefficient (Wildman–Crippen LogP) is 4.65. The van der Waals surface area contributed by atoms with Gasteiger partial charge in [0.25, 0.3) is 0 Å². The SMILES string of the molecule is CC.CC.CC.C[C@@H]1CCCCO1.[V]. The molecule has 0 amide bonds. The van der Waals surface area contributed by atoms with Crippen molar-refractivity contribution in [1.29, 1.82) is 0 Å². The molecule has 0 saturated carbocycles. The van der Waals surface area contributed by atoms with Crippen LogP contribution in [0.3, 0.4) is 0 Å². The van der Waals surface area contributed by atoms with E-state index in [2.05, 4.69) is 6.92 Å². The minimum Gasteiger partial charge on any atom is -0.379 e. The zero-order valence-electron chi connectivity index (χ0n) is 11.3. The molecule has 1 rings (SSSR count). The third-order valence-corrected chi connectivity index (χ3v) is 1.41. The topological polar surface area (TPSA) is 9.23 Å². The Bertz CT molecular complexity index is 52.3. The summed E-state index contributed by atoms with van der Waals surface area (Å²) >= 11 is 0. The van der Waals surface area contributed by atoms with E-state index in [9.17, 15) is 0 Å². The third-order valence-electron chi connectivity index (χ3n) is 1.41. The van der Waals surface area contributed by atoms with Crippen LogP contribution in [0, 0.1) is 0 Å². The molecule has 1 heterocycles. The molecule has 0 aliphatic carbocycles. The van der Waals surface area contributed by atoms with Gasteiger partial charge in [-0.3, -0.25) is 0 Å². The van der Waals surface area contributed by atoms with Crippen LogP contribution in [0.5, 0.6) is 0 Å². The summed E-state index contributed by atoms with van der Waals surface area (Å²) < 4.78 is 5.28. The van der Waals surface area contributed by atoms with Crippen molar-refractivity contribution < 1.29 is 23.3 Å². The van der Waals surface area contributed by atoms with Crippen molar-refractivity contribution in [2.24, 2.45) is 0 Å². The van der Waals surface area contributed by atoms with Crippen molar-refractivity contribution >= 4 is 0 Å². The van der Waals surface area contributed by atoms with Gasteiger partial charge in [-0.1, -0.05) is 41.5 Å². The zero-order valence-corrected chi connectivity index (χ0v) is 12.7. The average molecular weight is 241 g/mol. The molecule has 1 aliphatic heterocycles. The fraction of sp³-hybridized carbons (Fsp3) is 1.00. The Morgan fingerprint density at radius 2 is 1.29 bits per heavy atom. The van der Waals surface area contributed by atoms with E-state index in [0.29, 0.717) is 6.10 Å². The van der Waals surface area contributed by atoms with Crippen LogP contribution in [0.25, 0.3) is 0 Å². The molecule has 0 unspecified atom stereocenters. The summed E-state index contributed by atoms with van der Waals surface area (Å²) in [5.74, 6) is 0. The maximum atomic E-state index is 5.28. The van der Waals surface area contributed by atoms with Crippen LogP contribution < -0.4 is 0 Å². The molecule has 2 heteroatoms. The summed E-state index contributed by atoms with van der Waals surface area (Å²) in [4.78, 5) is 0. The van der Waals surface area contributed by atoms with E-state index in [4.69, 9.17) is 4.74 Å². The van der Waals surface area contributed by atoms with E-state index in [1.165, 1.54) is 19.3 Å². The van der Waals surface area contributed by atoms with E-state index < -0.39 is 0 Å². The van der Waals surface area contributed by atoms with E-state index >= 15 is 0 Å². The number of hydrogen-bond acceptors (Lipinski definition) is 1. The summed E-state index contributed by atoms with van der Waals surface area (Å²) in [7, 11) is 0. The maximum Gasteiger partial charge on any atom is 0.0547 e. The largest absolute Gasteiger partial charge is 0.379 e. The van der Waals surface area contributed by atoms with Crippen molar-refractivity contribution in [3.8, 4) is 0 Å². The molecule has 14 heavy (non-hydrogen) atoms. The van der Waals surface area contributed by atoms with Gasteiger partial charge in [0.2, 0.25) is 0 Å². The van der Waals surface area contributed by atoms with Gasteiger partial charge < -0.3 is 4.74 Å². The smallest absolute Gasteiger partial charge is 0.0547 e. The fourth-order valence-electron chi connectivity index (χ4n) is 0.902. The van der Waals surface area contributed by atoms with Crippen LogP contribution >= 0.6 is 0 Å². The summed E-state index contributed by atoms with van der Waals surface area (Å²) in [5, 5.41) is 0. The fourth-order valence-corrected chi connectivity index (χ4v) is 0.902. The summed E-state index contributed by atoms with van der Waals surface area (Å²) in [6, 6.07) is 0. The van der Waals surface area contributed by atoms with Gasteiger partial charge in [-0.05, 0) is 26.2 Å². The summed E-state index contributed by atoms with van der Waals surface area (Å²) in [5.41, 5.74) is 0. The van der Waals surface area contributed by atoms with Crippen LogP contribution in [-0.2, 0) is 23.3 Å². The predicted molar refractivity (Wildman–Crippen MR) is 63.3 cm³/mol. The van der Waals surface area contributed by atoms with Crippen molar-refractivity contribution in [3.63, 3.8) is 0 Å². The van der Waals surface area contributed by atoms with Gasteiger partial charge in [-0.25, -0.2) is 0 Å². The van der Waals surface area contributed by atoms with Gasteiger partial charge >= 0.3 is 0 Å². The first-order chi connectivity index (χ1) is 6.39. The molecule has 1 fully saturated rings. The molecule has 1 aliphatic rings. The van der Waals surface area contributed by atoms with Crippen molar-refractivity contribution in [2.45, 2.75) is 73.8 Å². The van der Waals surface area contributed by atoms with Crippen LogP contribution in [-0.4, -0.2) is 12.7 Å². The van der Waals surface area contributed by atoms with E-state index in [1.54, 1.807) is 0 Å². The molecule has 89 valence electrons. The standard InChI is InChI=1S/C6H12O.3C2H6.V/c1-6-4-2-3-5-7-6;3*1-2;/h6H,2-5H2,1H3;3*1-2H3;/t6-;;;;/m1..../s1. The molecule has 1 radical (unpaired) electrons. The molecule has 0 spiro atoms. The molecule has 0 aromatic carbocycles. The maximum absolute atomic E-state index is 5.28. The van der Waals surface area contributed by atoms with E-state index in [1.807, 2.05) is 41.5 Å². The first kappa shape index (κ1) is 24.0. The van der Waals surface area contributed by atoms with E-state index in [0.717, 1.165) is 6.61 Å². The van der Waals surface area contributed by atoms with Crippen molar-refractivity contribution in [2.75, 3.05) is 6.61 Å². The molecular weight excluding hydrogens is 211 g/mol. The Balaban J connectivity index is -0.0000000625. The van der Waals surface area contributed by atoms with Crippen LogP contribution in [0.4, 0.5) is 0 Å². The van der Waals surface area contributed by atoms with Crippen LogP contribution in [0.15, 0.2) is 0 Å². The van der Waals surface area contributed by atoms with Gasteiger partial charge in [-0.2, -0.15) is 0 Å². The average Bonchev–Trinajstić information content (AvgIpc) is 2.28. The number of hydrogen-bond donors (Lipinski definition) is 0. The Kier molecular flexibility index (Phi) is 50.0. The molecule has 1 saturated heterocycles. The quantitative estimate of drug-likeness (QED) is 0.599. The Labute approximate surface area is 104 Å². The minimum absolute atomic E-state index is 0. The van der Waals surface area contributed by atoms with Crippen molar-refractivity contribution in [1.82, 2.24) is 0 Å². The molecule has 1 nitrogen and oxygen atoms in total. The third kappa shape index (κ3) is 22.9.